The molecule has 0 atom stereocenters. The van der Waals surface area contributed by atoms with E-state index in [1.807, 2.05) is 0 Å². The maximum absolute atomic E-state index is 10.9. The average Bonchev–Trinajstić information content (AvgIpc) is 2.60. The molecular weight excluding hydrogens is 214 g/mol. The molecule has 0 aromatic rings. The zero-order valence-corrected chi connectivity index (χ0v) is 10.1. The van der Waals surface area contributed by atoms with E-state index in [0.717, 1.165) is 25.7 Å². The third-order valence-corrected chi connectivity index (χ3v) is 4.09. The van der Waals surface area contributed by atoms with Crippen molar-refractivity contribution in [3.63, 3.8) is 0 Å². The summed E-state index contributed by atoms with van der Waals surface area (Å²) in [6.45, 7) is 0.833. The second kappa shape index (κ2) is 5.27. The van der Waals surface area contributed by atoms with Crippen molar-refractivity contribution in [1.82, 2.24) is 5.32 Å². The Hall–Kier alpha value is -0.130. The van der Waals surface area contributed by atoms with Crippen molar-refractivity contribution >= 4 is 9.84 Å². The third kappa shape index (κ3) is 4.49. The molecule has 0 heterocycles. The first kappa shape index (κ1) is 12.9. The Bertz CT molecular complexity index is 281. The van der Waals surface area contributed by atoms with Gasteiger partial charge >= 0.3 is 0 Å². The zero-order valence-electron chi connectivity index (χ0n) is 9.33. The molecule has 0 unspecified atom stereocenters. The number of nitrogens with one attached hydrogen (secondary N) is 1. The zero-order chi connectivity index (χ0) is 11.4. The van der Waals surface area contributed by atoms with Crippen molar-refractivity contribution in [2.75, 3.05) is 25.2 Å². The van der Waals surface area contributed by atoms with Gasteiger partial charge in [0.1, 0.15) is 9.84 Å². The van der Waals surface area contributed by atoms with Crippen LogP contribution in [0.2, 0.25) is 0 Å². The van der Waals surface area contributed by atoms with Crippen molar-refractivity contribution in [2.24, 2.45) is 0 Å². The fraction of sp³-hybridized carbons (Fsp3) is 1.00. The van der Waals surface area contributed by atoms with Gasteiger partial charge in [-0.2, -0.15) is 0 Å². The number of aliphatic hydroxyl groups excluding tert-OH is 1. The maximum Gasteiger partial charge on any atom is 0.147 e. The van der Waals surface area contributed by atoms with E-state index in [1.165, 1.54) is 6.26 Å². The van der Waals surface area contributed by atoms with Crippen LogP contribution in [0.25, 0.3) is 0 Å². The summed E-state index contributed by atoms with van der Waals surface area (Å²) in [5.74, 6) is 0.224. The number of rotatable bonds is 6. The molecule has 0 radical (unpaired) electrons. The van der Waals surface area contributed by atoms with E-state index in [4.69, 9.17) is 0 Å². The summed E-state index contributed by atoms with van der Waals surface area (Å²) < 4.78 is 21.8. The third-order valence-electron chi connectivity index (χ3n) is 3.06. The van der Waals surface area contributed by atoms with E-state index in [-0.39, 0.29) is 17.9 Å². The molecule has 0 amide bonds. The van der Waals surface area contributed by atoms with Gasteiger partial charge in [-0.25, -0.2) is 8.42 Å². The van der Waals surface area contributed by atoms with E-state index in [9.17, 15) is 13.5 Å². The second-order valence-electron chi connectivity index (χ2n) is 4.56. The van der Waals surface area contributed by atoms with Crippen LogP contribution in [0.3, 0.4) is 0 Å². The van der Waals surface area contributed by atoms with E-state index >= 15 is 0 Å². The highest BCUT2D eigenvalue weighted by Crippen LogP contribution is 2.28. The lowest BCUT2D eigenvalue weighted by molar-refractivity contribution is 0.165. The first-order chi connectivity index (χ1) is 6.97. The molecular formula is C10H21NO3S. The average molecular weight is 235 g/mol. The van der Waals surface area contributed by atoms with Gasteiger partial charge < -0.3 is 10.4 Å². The standard InChI is InChI=1S/C10H21NO3S/c1-15(13,14)8-4-7-11-10(9-12)5-2-3-6-10/h11-12H,2-9H2,1H3. The molecule has 1 aliphatic carbocycles. The molecule has 0 bridgehead atoms. The lowest BCUT2D eigenvalue weighted by Gasteiger charge is -2.28. The Labute approximate surface area is 92.0 Å². The largest absolute Gasteiger partial charge is 0.394 e. The molecule has 4 nitrogen and oxygen atoms in total. The molecule has 1 saturated carbocycles. The molecule has 5 heteroatoms. The molecule has 0 aliphatic heterocycles. The number of sulfone groups is 1. The van der Waals surface area contributed by atoms with Gasteiger partial charge in [0.05, 0.1) is 12.4 Å². The number of hydrogen-bond acceptors (Lipinski definition) is 4. The predicted octanol–water partition coefficient (Wildman–Crippen LogP) is 0.316. The van der Waals surface area contributed by atoms with Gasteiger partial charge in [0, 0.05) is 11.8 Å². The Morgan fingerprint density at radius 3 is 2.40 bits per heavy atom. The summed E-state index contributed by atoms with van der Waals surface area (Å²) in [7, 11) is -2.85. The SMILES string of the molecule is CS(=O)(=O)CCCNC1(CO)CCCC1. The maximum atomic E-state index is 10.9. The number of aliphatic hydroxyl groups is 1. The molecule has 90 valence electrons. The van der Waals surface area contributed by atoms with Crippen molar-refractivity contribution in [1.29, 1.82) is 0 Å². The van der Waals surface area contributed by atoms with Crippen LogP contribution in [0.15, 0.2) is 0 Å². The Morgan fingerprint density at radius 2 is 1.93 bits per heavy atom. The van der Waals surface area contributed by atoms with E-state index in [2.05, 4.69) is 5.32 Å². The van der Waals surface area contributed by atoms with Crippen LogP contribution >= 0.6 is 0 Å². The van der Waals surface area contributed by atoms with Crippen molar-refractivity contribution < 1.29 is 13.5 Å². The Balaban J connectivity index is 2.24. The van der Waals surface area contributed by atoms with Gasteiger partial charge in [-0.15, -0.1) is 0 Å². The molecule has 15 heavy (non-hydrogen) atoms. The van der Waals surface area contributed by atoms with Crippen molar-refractivity contribution in [2.45, 2.75) is 37.6 Å². The highest BCUT2D eigenvalue weighted by molar-refractivity contribution is 7.90. The minimum atomic E-state index is -2.85. The molecule has 2 N–H and O–H groups in total. The summed E-state index contributed by atoms with van der Waals surface area (Å²) in [5.41, 5.74) is -0.127. The smallest absolute Gasteiger partial charge is 0.147 e. The summed E-state index contributed by atoms with van der Waals surface area (Å²) in [5, 5.41) is 12.6. The van der Waals surface area contributed by atoms with Crippen LogP contribution in [-0.2, 0) is 9.84 Å². The van der Waals surface area contributed by atoms with Crippen LogP contribution in [0.1, 0.15) is 32.1 Å². The van der Waals surface area contributed by atoms with Gasteiger partial charge in [0.25, 0.3) is 0 Å². The van der Waals surface area contributed by atoms with Crippen LogP contribution in [-0.4, -0.2) is 44.2 Å². The normalized spacial score (nSPS) is 20.7. The second-order valence-corrected chi connectivity index (χ2v) is 6.82. The summed E-state index contributed by atoms with van der Waals surface area (Å²) >= 11 is 0. The fourth-order valence-electron chi connectivity index (χ4n) is 2.13. The molecule has 0 saturated heterocycles. The van der Waals surface area contributed by atoms with Gasteiger partial charge in [-0.05, 0) is 25.8 Å². The molecule has 1 fully saturated rings. The topological polar surface area (TPSA) is 66.4 Å². The van der Waals surface area contributed by atoms with Crippen LogP contribution in [0.5, 0.6) is 0 Å². The molecule has 1 aliphatic rings. The predicted molar refractivity (Wildman–Crippen MR) is 60.6 cm³/mol. The van der Waals surface area contributed by atoms with Gasteiger partial charge in [0.2, 0.25) is 0 Å². The van der Waals surface area contributed by atoms with Gasteiger partial charge in [-0.3, -0.25) is 0 Å². The van der Waals surface area contributed by atoms with Gasteiger partial charge in [0.15, 0.2) is 0 Å². The highest BCUT2D eigenvalue weighted by atomic mass is 32.2. The van der Waals surface area contributed by atoms with Gasteiger partial charge in [-0.1, -0.05) is 12.8 Å². The quantitative estimate of drug-likeness (QED) is 0.651. The van der Waals surface area contributed by atoms with Crippen molar-refractivity contribution in [3.05, 3.63) is 0 Å². The Morgan fingerprint density at radius 1 is 1.33 bits per heavy atom. The monoisotopic (exact) mass is 235 g/mol. The molecule has 0 spiro atoms. The number of hydrogen-bond donors (Lipinski definition) is 2. The van der Waals surface area contributed by atoms with Crippen LogP contribution in [0.4, 0.5) is 0 Å². The molecule has 0 aromatic heterocycles. The molecule has 1 rings (SSSR count). The summed E-state index contributed by atoms with van der Waals surface area (Å²) in [6.07, 6.45) is 6.19. The van der Waals surface area contributed by atoms with Crippen LogP contribution in [0, 0.1) is 0 Å². The molecule has 0 aromatic carbocycles. The fourth-order valence-corrected chi connectivity index (χ4v) is 2.80. The minimum Gasteiger partial charge on any atom is -0.394 e. The first-order valence-corrected chi connectivity index (χ1v) is 7.57. The van der Waals surface area contributed by atoms with Crippen LogP contribution < -0.4 is 5.32 Å². The minimum absolute atomic E-state index is 0.127. The summed E-state index contributed by atoms with van der Waals surface area (Å²) in [6, 6.07) is 0. The van der Waals surface area contributed by atoms with E-state index < -0.39 is 9.84 Å². The van der Waals surface area contributed by atoms with E-state index in [1.54, 1.807) is 0 Å². The lowest BCUT2D eigenvalue weighted by atomic mass is 9.99. The van der Waals surface area contributed by atoms with E-state index in [0.29, 0.717) is 13.0 Å². The highest BCUT2D eigenvalue weighted by Gasteiger charge is 2.32. The Kier molecular flexibility index (Phi) is 4.55. The van der Waals surface area contributed by atoms with Crippen molar-refractivity contribution in [3.8, 4) is 0 Å². The summed E-state index contributed by atoms with van der Waals surface area (Å²) in [4.78, 5) is 0. The lowest BCUT2D eigenvalue weighted by Crippen LogP contribution is -2.46. The first-order valence-electron chi connectivity index (χ1n) is 5.51.